The van der Waals surface area contributed by atoms with Crippen molar-refractivity contribution >= 4 is 11.1 Å². The number of alkyl halides is 4. The molecular formula is C26H25F4N. The van der Waals surface area contributed by atoms with Gasteiger partial charge in [-0.15, -0.1) is 0 Å². The summed E-state index contributed by atoms with van der Waals surface area (Å²) in [5, 5.41) is 0. The van der Waals surface area contributed by atoms with Crippen molar-refractivity contribution in [3.63, 3.8) is 0 Å². The number of hydrogen-bond acceptors (Lipinski definition) is 1. The lowest BCUT2D eigenvalue weighted by molar-refractivity contribution is -0.137. The molecule has 0 amide bonds. The van der Waals surface area contributed by atoms with Gasteiger partial charge < -0.3 is 0 Å². The molecule has 0 saturated carbocycles. The van der Waals surface area contributed by atoms with E-state index in [1.165, 1.54) is 12.1 Å². The topological polar surface area (TPSA) is 3.24 Å². The van der Waals surface area contributed by atoms with E-state index in [4.69, 9.17) is 0 Å². The molecule has 0 saturated heterocycles. The molecule has 2 aromatic carbocycles. The van der Waals surface area contributed by atoms with Crippen LogP contribution in [0.1, 0.15) is 36.0 Å². The summed E-state index contributed by atoms with van der Waals surface area (Å²) in [6.07, 6.45) is 4.53. The van der Waals surface area contributed by atoms with Crippen LogP contribution in [0.15, 0.2) is 78.9 Å². The summed E-state index contributed by atoms with van der Waals surface area (Å²) in [6.45, 7) is 1.95. The van der Waals surface area contributed by atoms with Crippen LogP contribution in [-0.4, -0.2) is 30.2 Å². The Morgan fingerprint density at radius 1 is 0.935 bits per heavy atom. The first-order valence-corrected chi connectivity index (χ1v) is 10.6. The predicted molar refractivity (Wildman–Crippen MR) is 117 cm³/mol. The molecule has 1 nitrogen and oxygen atoms in total. The zero-order chi connectivity index (χ0) is 21.9. The fourth-order valence-electron chi connectivity index (χ4n) is 4.10. The summed E-state index contributed by atoms with van der Waals surface area (Å²) >= 11 is 0. The molecule has 31 heavy (non-hydrogen) atoms. The van der Waals surface area contributed by atoms with Crippen molar-refractivity contribution in [3.8, 4) is 0 Å². The maximum atomic E-state index is 15.2. The summed E-state index contributed by atoms with van der Waals surface area (Å²) in [5.41, 5.74) is 1.68. The van der Waals surface area contributed by atoms with Crippen LogP contribution in [0, 0.1) is 0 Å². The highest BCUT2D eigenvalue weighted by Gasteiger charge is 2.31. The van der Waals surface area contributed by atoms with Crippen molar-refractivity contribution in [1.82, 2.24) is 4.90 Å². The van der Waals surface area contributed by atoms with Gasteiger partial charge in [-0.25, -0.2) is 4.39 Å². The monoisotopic (exact) mass is 427 g/mol. The number of halogens is 4. The van der Waals surface area contributed by atoms with Crippen LogP contribution >= 0.6 is 0 Å². The fraction of sp³-hybridized carbons (Fsp3) is 0.308. The zero-order valence-electron chi connectivity index (χ0n) is 17.2. The molecule has 1 atom stereocenters. The number of rotatable bonds is 5. The Balaban J connectivity index is 1.32. The van der Waals surface area contributed by atoms with Gasteiger partial charge in [-0.05, 0) is 53.3 Å². The van der Waals surface area contributed by atoms with E-state index >= 15 is 4.39 Å². The van der Waals surface area contributed by atoms with Crippen molar-refractivity contribution in [2.45, 2.75) is 31.1 Å². The largest absolute Gasteiger partial charge is 0.416 e. The minimum Gasteiger partial charge on any atom is -0.299 e. The molecule has 162 valence electrons. The summed E-state index contributed by atoms with van der Waals surface area (Å²) in [6, 6.07) is 15.4. The van der Waals surface area contributed by atoms with Crippen LogP contribution in [0.4, 0.5) is 17.6 Å². The van der Waals surface area contributed by atoms with Crippen LogP contribution in [-0.2, 0) is 6.18 Å². The molecule has 0 bridgehead atoms. The summed E-state index contributed by atoms with van der Waals surface area (Å²) < 4.78 is 54.1. The molecule has 5 heteroatoms. The number of nitrogens with zero attached hydrogens (tertiary/aromatic N) is 1. The number of benzene rings is 2. The molecule has 4 rings (SSSR count). The maximum absolute atomic E-state index is 15.2. The van der Waals surface area contributed by atoms with E-state index in [-0.39, 0.29) is 0 Å². The van der Waals surface area contributed by atoms with Crippen molar-refractivity contribution in [1.29, 1.82) is 0 Å². The van der Waals surface area contributed by atoms with Gasteiger partial charge in [0.05, 0.1) is 5.56 Å². The van der Waals surface area contributed by atoms with Gasteiger partial charge in [0.1, 0.15) is 5.67 Å². The maximum Gasteiger partial charge on any atom is 0.416 e. The van der Waals surface area contributed by atoms with Crippen molar-refractivity contribution in [3.05, 3.63) is 95.6 Å². The Morgan fingerprint density at radius 3 is 2.35 bits per heavy atom. The second kappa shape index (κ2) is 8.83. The standard InChI is InChI=1S/C26H25F4N/c27-25(13-9-21(10-14-25)20-5-2-1-3-6-20)15-18-31-16-11-22(12-17-31)23-7-4-8-24(19-23)26(28,29)30/h1-11,13,19H,12,14-18H2. The first kappa shape index (κ1) is 21.6. The first-order chi connectivity index (χ1) is 14.8. The number of hydrogen-bond donors (Lipinski definition) is 0. The SMILES string of the molecule is FC1(CCN2CC=C(c3cccc(C(F)(F)F)c3)CC2)C=CC(c2ccccc2)=CC1. The predicted octanol–water partition coefficient (Wildman–Crippen LogP) is 6.94. The van der Waals surface area contributed by atoms with E-state index in [2.05, 4.69) is 4.90 Å². The van der Waals surface area contributed by atoms with E-state index in [0.717, 1.165) is 22.8 Å². The molecule has 0 radical (unpaired) electrons. The minimum atomic E-state index is -4.34. The Kier molecular flexibility index (Phi) is 6.15. The van der Waals surface area contributed by atoms with Crippen LogP contribution in [0.25, 0.3) is 11.1 Å². The van der Waals surface area contributed by atoms with Gasteiger partial charge in [-0.1, -0.05) is 60.7 Å². The molecule has 1 aliphatic heterocycles. The molecule has 1 aliphatic carbocycles. The average Bonchev–Trinajstić information content (AvgIpc) is 2.79. The van der Waals surface area contributed by atoms with E-state index in [1.807, 2.05) is 48.6 Å². The van der Waals surface area contributed by atoms with Crippen LogP contribution in [0.5, 0.6) is 0 Å². The molecule has 0 N–H and O–H groups in total. The third-order valence-electron chi connectivity index (χ3n) is 6.03. The highest BCUT2D eigenvalue weighted by atomic mass is 19.4. The smallest absolute Gasteiger partial charge is 0.299 e. The molecule has 0 spiro atoms. The molecule has 1 heterocycles. The highest BCUT2D eigenvalue weighted by Crippen LogP contribution is 2.34. The molecular weight excluding hydrogens is 402 g/mol. The summed E-state index contributed by atoms with van der Waals surface area (Å²) in [4.78, 5) is 2.16. The van der Waals surface area contributed by atoms with E-state index in [0.29, 0.717) is 44.5 Å². The van der Waals surface area contributed by atoms with E-state index in [1.54, 1.807) is 12.1 Å². The van der Waals surface area contributed by atoms with Gasteiger partial charge in [0, 0.05) is 26.1 Å². The summed E-state index contributed by atoms with van der Waals surface area (Å²) in [7, 11) is 0. The third kappa shape index (κ3) is 5.34. The molecule has 2 aliphatic rings. The lowest BCUT2D eigenvalue weighted by Gasteiger charge is -2.30. The Labute approximate surface area is 180 Å². The third-order valence-corrected chi connectivity index (χ3v) is 6.03. The van der Waals surface area contributed by atoms with Gasteiger partial charge in [-0.2, -0.15) is 13.2 Å². The second-order valence-electron chi connectivity index (χ2n) is 8.21. The number of allylic oxidation sites excluding steroid dienone is 4. The van der Waals surface area contributed by atoms with E-state index in [9.17, 15) is 13.2 Å². The van der Waals surface area contributed by atoms with Gasteiger partial charge in [0.15, 0.2) is 0 Å². The summed E-state index contributed by atoms with van der Waals surface area (Å²) in [5.74, 6) is 0. The van der Waals surface area contributed by atoms with Gasteiger partial charge in [0.25, 0.3) is 0 Å². The normalized spacial score (nSPS) is 22.2. The Morgan fingerprint density at radius 2 is 1.71 bits per heavy atom. The van der Waals surface area contributed by atoms with Crippen LogP contribution in [0.2, 0.25) is 0 Å². The van der Waals surface area contributed by atoms with Crippen LogP contribution < -0.4 is 0 Å². The van der Waals surface area contributed by atoms with Crippen molar-refractivity contribution < 1.29 is 17.6 Å². The Hall–Kier alpha value is -2.66. The highest BCUT2D eigenvalue weighted by molar-refractivity contribution is 5.75. The molecule has 0 fully saturated rings. The minimum absolute atomic E-state index is 0.354. The lowest BCUT2D eigenvalue weighted by Crippen LogP contribution is -2.34. The molecule has 0 aromatic heterocycles. The molecule has 2 aromatic rings. The lowest BCUT2D eigenvalue weighted by atomic mass is 9.88. The van der Waals surface area contributed by atoms with Gasteiger partial charge >= 0.3 is 6.18 Å². The van der Waals surface area contributed by atoms with Crippen molar-refractivity contribution in [2.24, 2.45) is 0 Å². The van der Waals surface area contributed by atoms with Gasteiger partial charge in [0.2, 0.25) is 0 Å². The first-order valence-electron chi connectivity index (χ1n) is 10.6. The second-order valence-corrected chi connectivity index (χ2v) is 8.21. The van der Waals surface area contributed by atoms with Gasteiger partial charge in [-0.3, -0.25) is 4.90 Å². The average molecular weight is 427 g/mol. The molecule has 1 unspecified atom stereocenters. The van der Waals surface area contributed by atoms with E-state index < -0.39 is 17.4 Å². The fourth-order valence-corrected chi connectivity index (χ4v) is 4.10. The van der Waals surface area contributed by atoms with Crippen molar-refractivity contribution in [2.75, 3.05) is 19.6 Å². The Bertz CT molecular complexity index is 1000. The zero-order valence-corrected chi connectivity index (χ0v) is 17.2. The quantitative estimate of drug-likeness (QED) is 0.468. The van der Waals surface area contributed by atoms with Crippen LogP contribution in [0.3, 0.4) is 0 Å².